The van der Waals surface area contributed by atoms with Crippen LogP contribution in [0.25, 0.3) is 0 Å². The second kappa shape index (κ2) is 24.9. The maximum atomic E-state index is 12.6. The van der Waals surface area contributed by atoms with Crippen LogP contribution in [0.1, 0.15) is 101 Å². The molecular formula is C47H55N5O11S. The number of rotatable bonds is 27. The number of fused-ring (bicyclic) bond motifs is 1. The first-order chi connectivity index (χ1) is 30.9. The number of nitrogens with one attached hydrogen (secondary N) is 3. The van der Waals surface area contributed by atoms with Gasteiger partial charge in [0.2, 0.25) is 5.91 Å². The lowest BCUT2D eigenvalue weighted by atomic mass is 9.86. The van der Waals surface area contributed by atoms with Crippen LogP contribution >= 0.6 is 0 Å². The minimum atomic E-state index is -4.42. The van der Waals surface area contributed by atoms with Crippen LogP contribution in [0.2, 0.25) is 0 Å². The van der Waals surface area contributed by atoms with Crippen molar-refractivity contribution < 1.29 is 51.5 Å². The lowest BCUT2D eigenvalue weighted by Crippen LogP contribution is -2.30. The fraction of sp³-hybridized carbons (Fsp3) is 0.362. The monoisotopic (exact) mass is 897 g/mol. The summed E-state index contributed by atoms with van der Waals surface area (Å²) in [5.41, 5.74) is 6.72. The maximum absolute atomic E-state index is 12.6. The van der Waals surface area contributed by atoms with Crippen LogP contribution in [0.3, 0.4) is 0 Å². The molecule has 0 spiro atoms. The number of Topliss-reactive ketones (excluding diaryl/α,β-unsaturated/α-hetero) is 1. The number of carboxylic acids is 1. The van der Waals surface area contributed by atoms with Crippen molar-refractivity contribution in [2.45, 2.75) is 81.9 Å². The van der Waals surface area contributed by atoms with Crippen molar-refractivity contribution in [3.63, 3.8) is 0 Å². The minimum absolute atomic E-state index is 0.0974. The first-order valence-corrected chi connectivity index (χ1v) is 22.8. The lowest BCUT2D eigenvalue weighted by Gasteiger charge is -2.21. The molecule has 5 N–H and O–H groups in total. The standard InChI is InChI=1S/C47H55N5O11S/c1-2-12-37-35-14-8-15-39(53)36(35)21-23-42(37)62-29-7-3-6-28-61-40-16-9-17-41(38(40)22-25-46(55)56)63-30-10-19-45(54)48-26-11-27-49-47(57)34-20-24-44(50-31-34)52-51-32-33-13-4-5-18-43(33)64(58,59)60/h2,4-5,9,13,16-18,20-21,23-24,31-32H,1,3,6-8,10-12,14-15,19,22,25-30H2,(H,48,54)(H,49,57)(H,50,52)(H,55,56)(H,58,59,60)/b51-32+. The zero-order chi connectivity index (χ0) is 45.7. The number of allylic oxidation sites excluding steroid dienone is 1. The molecule has 0 bridgehead atoms. The zero-order valence-electron chi connectivity index (χ0n) is 35.7. The number of hydrogen-bond acceptors (Lipinski definition) is 12. The van der Waals surface area contributed by atoms with Gasteiger partial charge in [-0.1, -0.05) is 30.3 Å². The third-order valence-electron chi connectivity index (χ3n) is 10.2. The van der Waals surface area contributed by atoms with Crippen molar-refractivity contribution >= 4 is 45.7 Å². The van der Waals surface area contributed by atoms with Crippen molar-refractivity contribution in [1.29, 1.82) is 0 Å². The molecule has 0 saturated heterocycles. The Hall–Kier alpha value is -6.59. The number of ketones is 1. The molecule has 17 heteroatoms. The molecule has 1 aromatic heterocycles. The number of unbranched alkanes of at least 4 members (excludes halogenated alkanes) is 2. The number of hydrogen-bond donors (Lipinski definition) is 5. The van der Waals surface area contributed by atoms with Gasteiger partial charge in [-0.15, -0.1) is 6.58 Å². The van der Waals surface area contributed by atoms with E-state index in [1.165, 1.54) is 42.7 Å². The normalized spacial score (nSPS) is 12.3. The van der Waals surface area contributed by atoms with E-state index in [9.17, 15) is 37.3 Å². The predicted octanol–water partition coefficient (Wildman–Crippen LogP) is 6.76. The van der Waals surface area contributed by atoms with Gasteiger partial charge >= 0.3 is 5.97 Å². The number of aromatic nitrogens is 1. The largest absolute Gasteiger partial charge is 0.493 e. The molecule has 0 unspecified atom stereocenters. The van der Waals surface area contributed by atoms with E-state index in [1.807, 2.05) is 18.2 Å². The van der Waals surface area contributed by atoms with Crippen molar-refractivity contribution in [3.8, 4) is 17.2 Å². The van der Waals surface area contributed by atoms with E-state index in [0.29, 0.717) is 80.4 Å². The van der Waals surface area contributed by atoms with Gasteiger partial charge in [0.1, 0.15) is 28.0 Å². The van der Waals surface area contributed by atoms with Crippen molar-refractivity contribution in [2.24, 2.45) is 5.10 Å². The Kier molecular flexibility index (Phi) is 18.8. The molecule has 16 nitrogen and oxygen atoms in total. The number of hydrazone groups is 1. The highest BCUT2D eigenvalue weighted by Crippen LogP contribution is 2.33. The zero-order valence-corrected chi connectivity index (χ0v) is 36.5. The van der Waals surface area contributed by atoms with E-state index in [0.717, 1.165) is 54.5 Å². The first-order valence-electron chi connectivity index (χ1n) is 21.3. The number of carbonyl (C=O) groups is 4. The number of nitrogens with zero attached hydrogens (tertiary/aromatic N) is 2. The third-order valence-corrected chi connectivity index (χ3v) is 11.2. The Balaban J connectivity index is 0.964. The highest BCUT2D eigenvalue weighted by molar-refractivity contribution is 7.86. The van der Waals surface area contributed by atoms with Crippen molar-refractivity contribution in [1.82, 2.24) is 15.6 Å². The van der Waals surface area contributed by atoms with Gasteiger partial charge in [-0.25, -0.2) is 4.98 Å². The highest BCUT2D eigenvalue weighted by Gasteiger charge is 2.22. The van der Waals surface area contributed by atoms with Crippen LogP contribution in [0, 0.1) is 0 Å². The molecule has 64 heavy (non-hydrogen) atoms. The molecule has 340 valence electrons. The Morgan fingerprint density at radius 3 is 2.19 bits per heavy atom. The number of anilines is 1. The summed E-state index contributed by atoms with van der Waals surface area (Å²) in [5.74, 6) is 0.904. The first kappa shape index (κ1) is 48.4. The second-order valence-electron chi connectivity index (χ2n) is 14.9. The molecule has 1 aliphatic rings. The van der Waals surface area contributed by atoms with Gasteiger partial charge < -0.3 is 30.0 Å². The fourth-order valence-electron chi connectivity index (χ4n) is 7.03. The summed E-state index contributed by atoms with van der Waals surface area (Å²) >= 11 is 0. The van der Waals surface area contributed by atoms with E-state index in [1.54, 1.807) is 24.3 Å². The molecule has 3 aromatic carbocycles. The van der Waals surface area contributed by atoms with Crippen LogP contribution in [-0.4, -0.2) is 85.8 Å². The fourth-order valence-corrected chi connectivity index (χ4v) is 7.70. The third kappa shape index (κ3) is 15.0. The molecule has 2 amide bonds. The van der Waals surface area contributed by atoms with Crippen LogP contribution in [0.5, 0.6) is 17.2 Å². The van der Waals surface area contributed by atoms with Gasteiger partial charge in [0.25, 0.3) is 16.0 Å². The Morgan fingerprint density at radius 2 is 1.50 bits per heavy atom. The number of benzene rings is 3. The summed E-state index contributed by atoms with van der Waals surface area (Å²) < 4.78 is 50.7. The van der Waals surface area contributed by atoms with Gasteiger partial charge in [-0.3, -0.25) is 29.2 Å². The SMILES string of the molecule is C=CCc1c(OCCCCCOc2cccc(OCCCC(=O)NCCCNC(=O)c3ccc(N/N=C/c4ccccc4S(=O)(=O)O)nc3)c2CCC(=O)O)ccc2c1CCCC2=O. The molecule has 1 heterocycles. The number of aliphatic carboxylic acids is 1. The summed E-state index contributed by atoms with van der Waals surface area (Å²) in [7, 11) is -4.42. The Morgan fingerprint density at radius 1 is 0.797 bits per heavy atom. The van der Waals surface area contributed by atoms with Gasteiger partial charge in [0.15, 0.2) is 5.78 Å². The average Bonchev–Trinajstić information content (AvgIpc) is 3.27. The van der Waals surface area contributed by atoms with Crippen LogP contribution < -0.4 is 30.3 Å². The van der Waals surface area contributed by atoms with Gasteiger partial charge in [-0.05, 0) is 106 Å². The van der Waals surface area contributed by atoms with Crippen LogP contribution in [0.4, 0.5) is 5.82 Å². The summed E-state index contributed by atoms with van der Waals surface area (Å²) in [6.07, 6.45) is 11.0. The molecule has 0 atom stereocenters. The molecule has 5 rings (SSSR count). The second-order valence-corrected chi connectivity index (χ2v) is 16.3. The number of pyridine rings is 1. The topological polar surface area (TPSA) is 232 Å². The molecule has 4 aromatic rings. The number of ether oxygens (including phenoxy) is 3. The molecule has 0 radical (unpaired) electrons. The Bertz CT molecular complexity index is 2390. The molecule has 1 aliphatic carbocycles. The summed E-state index contributed by atoms with van der Waals surface area (Å²) in [4.78, 5) is 52.8. The summed E-state index contributed by atoms with van der Waals surface area (Å²) in [6.45, 7) is 5.73. The Labute approximate surface area is 373 Å². The van der Waals surface area contributed by atoms with E-state index in [-0.39, 0.29) is 53.9 Å². The number of amides is 2. The van der Waals surface area contributed by atoms with Gasteiger partial charge in [0.05, 0.1) is 31.6 Å². The maximum Gasteiger partial charge on any atom is 0.303 e. The summed E-state index contributed by atoms with van der Waals surface area (Å²) in [5, 5.41) is 18.9. The van der Waals surface area contributed by atoms with Crippen LogP contribution in [-0.2, 0) is 39.0 Å². The highest BCUT2D eigenvalue weighted by atomic mass is 32.2. The quantitative estimate of drug-likeness (QED) is 0.0137. The van der Waals surface area contributed by atoms with Gasteiger partial charge in [0, 0.05) is 60.8 Å². The lowest BCUT2D eigenvalue weighted by molar-refractivity contribution is -0.137. The van der Waals surface area contributed by atoms with Crippen molar-refractivity contribution in [3.05, 3.63) is 119 Å². The molecule has 0 fully saturated rings. The van der Waals surface area contributed by atoms with E-state index >= 15 is 0 Å². The molecule has 0 aliphatic heterocycles. The van der Waals surface area contributed by atoms with E-state index in [4.69, 9.17) is 14.2 Å². The van der Waals surface area contributed by atoms with Crippen molar-refractivity contribution in [2.75, 3.05) is 38.3 Å². The molecule has 0 saturated carbocycles. The number of carboxylic acid groups (broad SMARTS) is 1. The van der Waals surface area contributed by atoms with E-state index in [2.05, 4.69) is 32.7 Å². The smallest absolute Gasteiger partial charge is 0.303 e. The summed E-state index contributed by atoms with van der Waals surface area (Å²) in [6, 6.07) is 18.0. The minimum Gasteiger partial charge on any atom is -0.493 e. The average molecular weight is 898 g/mol. The number of carbonyl (C=O) groups excluding carboxylic acids is 3. The molecular weight excluding hydrogens is 843 g/mol. The van der Waals surface area contributed by atoms with Crippen LogP contribution in [0.15, 0.2) is 95.6 Å². The van der Waals surface area contributed by atoms with E-state index < -0.39 is 16.1 Å². The predicted molar refractivity (Wildman–Crippen MR) is 241 cm³/mol. The van der Waals surface area contributed by atoms with Gasteiger partial charge in [-0.2, -0.15) is 13.5 Å².